The number of nitrogens with zero attached hydrogens (tertiary/aromatic N) is 2. The van der Waals surface area contributed by atoms with Gasteiger partial charge in [-0.3, -0.25) is 9.98 Å². The molecule has 2 nitrogen and oxygen atoms in total. The first-order chi connectivity index (χ1) is 10.4. The highest BCUT2D eigenvalue weighted by molar-refractivity contribution is 7.26. The van der Waals surface area contributed by atoms with E-state index >= 15 is 0 Å². The lowest BCUT2D eigenvalue weighted by molar-refractivity contribution is 1.31. The van der Waals surface area contributed by atoms with Gasteiger partial charge >= 0.3 is 0 Å². The molecule has 3 heteroatoms. The minimum Gasteiger partial charge on any atom is -0.263 e. The summed E-state index contributed by atoms with van der Waals surface area (Å²) in [5, 5.41) is 2.60. The van der Waals surface area contributed by atoms with Crippen LogP contribution in [0.3, 0.4) is 0 Å². The third-order valence-corrected chi connectivity index (χ3v) is 4.83. The van der Waals surface area contributed by atoms with E-state index < -0.39 is 0 Å². The van der Waals surface area contributed by atoms with Crippen molar-refractivity contribution in [1.29, 1.82) is 0 Å². The molecule has 0 bridgehead atoms. The molecule has 100 valence electrons. The lowest BCUT2D eigenvalue weighted by atomic mass is 10.1. The van der Waals surface area contributed by atoms with Gasteiger partial charge in [0.2, 0.25) is 0 Å². The highest BCUT2D eigenvalue weighted by Gasteiger charge is 2.10. The lowest BCUT2D eigenvalue weighted by Gasteiger charge is -2.03. The maximum Gasteiger partial charge on any atom is 0.0806 e. The van der Waals surface area contributed by atoms with Crippen molar-refractivity contribution < 1.29 is 0 Å². The number of rotatable bonds is 2. The van der Waals surface area contributed by atoms with E-state index in [1.807, 2.05) is 23.5 Å². The maximum absolute atomic E-state index is 4.51. The van der Waals surface area contributed by atoms with Gasteiger partial charge < -0.3 is 0 Å². The minimum absolute atomic E-state index is 0.794. The molecule has 0 fully saturated rings. The minimum atomic E-state index is 0.794. The fourth-order valence-corrected chi connectivity index (χ4v) is 3.81. The van der Waals surface area contributed by atoms with Gasteiger partial charge in [0, 0.05) is 25.7 Å². The van der Waals surface area contributed by atoms with Crippen molar-refractivity contribution in [1.82, 2.24) is 4.98 Å². The average Bonchev–Trinajstić information content (AvgIpc) is 2.94. The van der Waals surface area contributed by atoms with Crippen molar-refractivity contribution in [3.8, 4) is 11.3 Å². The van der Waals surface area contributed by atoms with Crippen LogP contribution >= 0.6 is 11.3 Å². The monoisotopic (exact) mass is 288 g/mol. The molecule has 0 spiro atoms. The first kappa shape index (κ1) is 12.2. The van der Waals surface area contributed by atoms with Crippen LogP contribution < -0.4 is 0 Å². The van der Waals surface area contributed by atoms with Crippen molar-refractivity contribution >= 4 is 43.9 Å². The summed E-state index contributed by atoms with van der Waals surface area (Å²) in [6.07, 6.45) is 1.76. The van der Waals surface area contributed by atoms with Crippen molar-refractivity contribution in [3.05, 3.63) is 60.8 Å². The topological polar surface area (TPSA) is 25.2 Å². The summed E-state index contributed by atoms with van der Waals surface area (Å²) in [6.45, 7) is 3.52. The van der Waals surface area contributed by atoms with Crippen molar-refractivity contribution in [2.45, 2.75) is 0 Å². The van der Waals surface area contributed by atoms with E-state index in [0.717, 1.165) is 11.4 Å². The van der Waals surface area contributed by atoms with Crippen LogP contribution in [0.4, 0.5) is 5.69 Å². The summed E-state index contributed by atoms with van der Waals surface area (Å²) in [6, 6.07) is 18.9. The van der Waals surface area contributed by atoms with Gasteiger partial charge in [0.1, 0.15) is 0 Å². The molecule has 0 aliphatic heterocycles. The highest BCUT2D eigenvalue weighted by Crippen LogP contribution is 2.39. The van der Waals surface area contributed by atoms with Gasteiger partial charge in [-0.1, -0.05) is 36.4 Å². The van der Waals surface area contributed by atoms with Gasteiger partial charge in [0.05, 0.1) is 17.6 Å². The summed E-state index contributed by atoms with van der Waals surface area (Å²) in [7, 11) is 0. The van der Waals surface area contributed by atoms with Gasteiger partial charge in [-0.25, -0.2) is 0 Å². The third kappa shape index (κ3) is 1.94. The molecular weight excluding hydrogens is 276 g/mol. The number of hydrogen-bond acceptors (Lipinski definition) is 3. The Morgan fingerprint density at radius 2 is 1.76 bits per heavy atom. The molecule has 0 saturated carbocycles. The van der Waals surface area contributed by atoms with Crippen LogP contribution in [0.1, 0.15) is 0 Å². The Balaban J connectivity index is 2.01. The zero-order chi connectivity index (χ0) is 14.2. The Morgan fingerprint density at radius 3 is 2.57 bits per heavy atom. The standard InChI is InChI=1S/C18H12N2S/c1-19-12-9-10-16(20-11-12)15-7-4-6-14-13-5-2-3-8-17(13)21-18(14)15/h2-11H,1H2. The van der Waals surface area contributed by atoms with E-state index in [-0.39, 0.29) is 0 Å². The number of hydrogen-bond donors (Lipinski definition) is 0. The molecule has 2 heterocycles. The molecule has 4 rings (SSSR count). The predicted octanol–water partition coefficient (Wildman–Crippen LogP) is 5.45. The number of aromatic nitrogens is 1. The maximum atomic E-state index is 4.51. The molecule has 0 saturated heterocycles. The number of thiophene rings is 1. The summed E-state index contributed by atoms with van der Waals surface area (Å²) >= 11 is 1.82. The van der Waals surface area contributed by atoms with Gasteiger partial charge in [-0.05, 0) is 24.9 Å². The molecule has 2 aromatic heterocycles. The van der Waals surface area contributed by atoms with Crippen LogP contribution in [0.5, 0.6) is 0 Å². The second-order valence-electron chi connectivity index (χ2n) is 4.84. The molecule has 4 aromatic rings. The second-order valence-corrected chi connectivity index (χ2v) is 5.89. The van der Waals surface area contributed by atoms with E-state index in [1.165, 1.54) is 25.7 Å². The van der Waals surface area contributed by atoms with Crippen molar-refractivity contribution in [3.63, 3.8) is 0 Å². The Morgan fingerprint density at radius 1 is 0.905 bits per heavy atom. The predicted molar refractivity (Wildman–Crippen MR) is 91.8 cm³/mol. The molecule has 0 amide bonds. The van der Waals surface area contributed by atoms with Gasteiger partial charge in [-0.15, -0.1) is 11.3 Å². The first-order valence-corrected chi connectivity index (χ1v) is 7.52. The molecule has 0 atom stereocenters. The molecule has 0 unspecified atom stereocenters. The van der Waals surface area contributed by atoms with Crippen LogP contribution in [0.15, 0.2) is 65.8 Å². The van der Waals surface area contributed by atoms with Crippen LogP contribution in [0.25, 0.3) is 31.4 Å². The smallest absolute Gasteiger partial charge is 0.0806 e. The molecule has 0 radical (unpaired) electrons. The largest absolute Gasteiger partial charge is 0.263 e. The van der Waals surface area contributed by atoms with Crippen molar-refractivity contribution in [2.24, 2.45) is 4.99 Å². The normalized spacial score (nSPS) is 11.0. The third-order valence-electron chi connectivity index (χ3n) is 3.61. The summed E-state index contributed by atoms with van der Waals surface area (Å²) < 4.78 is 2.59. The Hall–Kier alpha value is -2.52. The Labute approximate surface area is 126 Å². The number of pyridine rings is 1. The zero-order valence-corrected chi connectivity index (χ0v) is 12.1. The van der Waals surface area contributed by atoms with E-state index in [2.05, 4.69) is 59.2 Å². The molecular formula is C18H12N2S. The van der Waals surface area contributed by atoms with E-state index in [4.69, 9.17) is 0 Å². The quantitative estimate of drug-likeness (QED) is 0.450. The molecule has 21 heavy (non-hydrogen) atoms. The van der Waals surface area contributed by atoms with Gasteiger partial charge in [0.15, 0.2) is 0 Å². The molecule has 0 aliphatic carbocycles. The molecule has 0 aliphatic rings. The molecule has 0 N–H and O–H groups in total. The van der Waals surface area contributed by atoms with Crippen LogP contribution in [0.2, 0.25) is 0 Å². The zero-order valence-electron chi connectivity index (χ0n) is 11.3. The van der Waals surface area contributed by atoms with E-state index in [0.29, 0.717) is 0 Å². The summed E-state index contributed by atoms with van der Waals surface area (Å²) in [4.78, 5) is 8.41. The first-order valence-electron chi connectivity index (χ1n) is 6.70. The Bertz CT molecular complexity index is 952. The van der Waals surface area contributed by atoms with Crippen LogP contribution in [-0.4, -0.2) is 11.7 Å². The van der Waals surface area contributed by atoms with Gasteiger partial charge in [-0.2, -0.15) is 0 Å². The number of aliphatic imine (C=N–C) groups is 1. The van der Waals surface area contributed by atoms with E-state index in [9.17, 15) is 0 Å². The number of fused-ring (bicyclic) bond motifs is 3. The summed E-state index contributed by atoms with van der Waals surface area (Å²) in [5.41, 5.74) is 2.94. The Kier molecular flexibility index (Phi) is 2.79. The van der Waals surface area contributed by atoms with E-state index in [1.54, 1.807) is 6.20 Å². The van der Waals surface area contributed by atoms with Gasteiger partial charge in [0.25, 0.3) is 0 Å². The fourth-order valence-electron chi connectivity index (χ4n) is 2.59. The van der Waals surface area contributed by atoms with Crippen LogP contribution in [0, 0.1) is 0 Å². The SMILES string of the molecule is C=Nc1ccc(-c2cccc3c2sc2ccccc23)nc1. The highest BCUT2D eigenvalue weighted by atomic mass is 32.1. The van der Waals surface area contributed by atoms with Crippen LogP contribution in [-0.2, 0) is 0 Å². The second kappa shape index (κ2) is 4.79. The molecule has 2 aromatic carbocycles. The number of benzene rings is 2. The fraction of sp³-hybridized carbons (Fsp3) is 0. The summed E-state index contributed by atoms with van der Waals surface area (Å²) in [5.74, 6) is 0. The lowest BCUT2D eigenvalue weighted by Crippen LogP contribution is -1.82. The average molecular weight is 288 g/mol. The van der Waals surface area contributed by atoms with Crippen molar-refractivity contribution in [2.75, 3.05) is 0 Å².